The van der Waals surface area contributed by atoms with Gasteiger partial charge < -0.3 is 4.74 Å². The Kier molecular flexibility index (Phi) is 9.19. The number of hydrazine groups is 1. The first kappa shape index (κ1) is 29.8. The van der Waals surface area contributed by atoms with Gasteiger partial charge in [0, 0.05) is 55.3 Å². The van der Waals surface area contributed by atoms with Crippen LogP contribution in [0.2, 0.25) is 0 Å². The number of methoxy groups -OCH3 is 1. The SMILES string of the molecule is COC(=O)N(NC(=O)c1c(CN2CCN(C3CCCC(C)C3)CC2)c(-c2ccccc2)nc2ccccc12)c1ccccc1. The Labute approximate surface area is 259 Å². The minimum Gasteiger partial charge on any atom is -0.451 e. The van der Waals surface area contributed by atoms with E-state index in [0.717, 1.165) is 64.8 Å². The van der Waals surface area contributed by atoms with Gasteiger partial charge in [-0.15, -0.1) is 0 Å². The summed E-state index contributed by atoms with van der Waals surface area (Å²) < 4.78 is 5.05. The van der Waals surface area contributed by atoms with Crippen molar-refractivity contribution in [1.82, 2.24) is 20.2 Å². The quantitative estimate of drug-likeness (QED) is 0.258. The number of hydrogen-bond donors (Lipinski definition) is 1. The smallest absolute Gasteiger partial charge is 0.433 e. The third-order valence-corrected chi connectivity index (χ3v) is 9.07. The highest BCUT2D eigenvalue weighted by atomic mass is 16.5. The summed E-state index contributed by atoms with van der Waals surface area (Å²) in [6.07, 6.45) is 4.56. The van der Waals surface area contributed by atoms with E-state index in [2.05, 4.69) is 22.1 Å². The number of rotatable bonds is 6. The molecule has 1 saturated heterocycles. The van der Waals surface area contributed by atoms with E-state index in [-0.39, 0.29) is 5.91 Å². The Bertz CT molecular complexity index is 1590. The molecule has 4 aromatic rings. The Balaban J connectivity index is 1.37. The summed E-state index contributed by atoms with van der Waals surface area (Å²) in [5.41, 5.74) is 7.19. The predicted octanol–water partition coefficient (Wildman–Crippen LogP) is 6.52. The van der Waals surface area contributed by atoms with Crippen LogP contribution in [0, 0.1) is 5.92 Å². The molecule has 228 valence electrons. The second-order valence-electron chi connectivity index (χ2n) is 12.0. The summed E-state index contributed by atoms with van der Waals surface area (Å²) in [4.78, 5) is 37.5. The molecule has 2 aliphatic rings. The lowest BCUT2D eigenvalue weighted by Gasteiger charge is -2.42. The maximum absolute atomic E-state index is 14.4. The van der Waals surface area contributed by atoms with Crippen molar-refractivity contribution in [3.8, 4) is 11.3 Å². The molecule has 44 heavy (non-hydrogen) atoms. The number of carbonyl (C=O) groups is 2. The maximum atomic E-state index is 14.4. The Morgan fingerprint density at radius 2 is 1.59 bits per heavy atom. The maximum Gasteiger partial charge on any atom is 0.433 e. The van der Waals surface area contributed by atoms with Crippen molar-refractivity contribution in [2.45, 2.75) is 45.2 Å². The van der Waals surface area contributed by atoms with Crippen molar-refractivity contribution in [2.24, 2.45) is 5.92 Å². The summed E-state index contributed by atoms with van der Waals surface area (Å²) in [6, 6.07) is 27.4. The molecule has 3 aromatic carbocycles. The number of ether oxygens (including phenoxy) is 1. The van der Waals surface area contributed by atoms with Crippen LogP contribution in [0.3, 0.4) is 0 Å². The molecular formula is C36H41N5O3. The van der Waals surface area contributed by atoms with Gasteiger partial charge in [-0.05, 0) is 37.0 Å². The first-order valence-corrected chi connectivity index (χ1v) is 15.7. The number of aromatic nitrogens is 1. The van der Waals surface area contributed by atoms with Gasteiger partial charge in [-0.2, -0.15) is 5.01 Å². The number of anilines is 1. The number of benzene rings is 3. The molecule has 2 unspecified atom stereocenters. The van der Waals surface area contributed by atoms with Crippen LogP contribution in [0.1, 0.15) is 48.5 Å². The third-order valence-electron chi connectivity index (χ3n) is 9.07. The van der Waals surface area contributed by atoms with E-state index >= 15 is 0 Å². The van der Waals surface area contributed by atoms with Gasteiger partial charge in [0.05, 0.1) is 29.6 Å². The van der Waals surface area contributed by atoms with Gasteiger partial charge in [0.1, 0.15) is 0 Å². The number of nitrogens with one attached hydrogen (secondary N) is 1. The fourth-order valence-electron chi connectivity index (χ4n) is 6.78. The van der Waals surface area contributed by atoms with Gasteiger partial charge in [-0.25, -0.2) is 9.78 Å². The number of pyridine rings is 1. The highest BCUT2D eigenvalue weighted by Gasteiger charge is 2.30. The normalized spacial score (nSPS) is 19.4. The van der Waals surface area contributed by atoms with E-state index in [4.69, 9.17) is 9.72 Å². The summed E-state index contributed by atoms with van der Waals surface area (Å²) >= 11 is 0. The number of carbonyl (C=O) groups excluding carboxylic acids is 2. The zero-order chi connectivity index (χ0) is 30.5. The molecule has 2 amide bonds. The molecule has 2 heterocycles. The average molecular weight is 592 g/mol. The monoisotopic (exact) mass is 591 g/mol. The molecule has 0 spiro atoms. The van der Waals surface area contributed by atoms with E-state index in [9.17, 15) is 9.59 Å². The van der Waals surface area contributed by atoms with Gasteiger partial charge in [0.15, 0.2) is 0 Å². The van der Waals surface area contributed by atoms with Crippen LogP contribution in [0.25, 0.3) is 22.2 Å². The largest absolute Gasteiger partial charge is 0.451 e. The van der Waals surface area contributed by atoms with Crippen LogP contribution < -0.4 is 10.4 Å². The number of fused-ring (bicyclic) bond motifs is 1. The molecular weight excluding hydrogens is 550 g/mol. The van der Waals surface area contributed by atoms with Crippen molar-refractivity contribution in [3.05, 3.63) is 96.1 Å². The molecule has 8 heteroatoms. The molecule has 1 aromatic heterocycles. The minimum atomic E-state index is -0.680. The summed E-state index contributed by atoms with van der Waals surface area (Å²) in [5, 5.41) is 1.90. The van der Waals surface area contributed by atoms with Crippen LogP contribution in [0.5, 0.6) is 0 Å². The molecule has 0 bridgehead atoms. The lowest BCUT2D eigenvalue weighted by atomic mass is 9.86. The Hall–Kier alpha value is -4.27. The average Bonchev–Trinajstić information content (AvgIpc) is 3.07. The lowest BCUT2D eigenvalue weighted by molar-refractivity contribution is 0.0657. The van der Waals surface area contributed by atoms with E-state index in [1.807, 2.05) is 72.8 Å². The van der Waals surface area contributed by atoms with E-state index in [1.54, 1.807) is 12.1 Å². The molecule has 1 N–H and O–H groups in total. The van der Waals surface area contributed by atoms with Crippen LogP contribution in [0.4, 0.5) is 10.5 Å². The molecule has 2 fully saturated rings. The summed E-state index contributed by atoms with van der Waals surface area (Å²) in [6.45, 7) is 6.83. The number of hydrogen-bond acceptors (Lipinski definition) is 6. The zero-order valence-corrected chi connectivity index (χ0v) is 25.6. The van der Waals surface area contributed by atoms with Gasteiger partial charge in [0.25, 0.3) is 5.91 Å². The number of nitrogens with zero attached hydrogens (tertiary/aromatic N) is 4. The second kappa shape index (κ2) is 13.6. The Morgan fingerprint density at radius 3 is 2.30 bits per heavy atom. The van der Waals surface area contributed by atoms with Gasteiger partial charge in [0.2, 0.25) is 0 Å². The minimum absolute atomic E-state index is 0.389. The molecule has 1 aliphatic heterocycles. The van der Waals surface area contributed by atoms with Gasteiger partial charge in [-0.3, -0.25) is 20.0 Å². The van der Waals surface area contributed by atoms with Crippen molar-refractivity contribution in [3.63, 3.8) is 0 Å². The van der Waals surface area contributed by atoms with Gasteiger partial charge in [-0.1, -0.05) is 86.5 Å². The van der Waals surface area contributed by atoms with Crippen molar-refractivity contribution >= 4 is 28.6 Å². The van der Waals surface area contributed by atoms with Crippen molar-refractivity contribution < 1.29 is 14.3 Å². The van der Waals surface area contributed by atoms with Crippen molar-refractivity contribution in [1.29, 1.82) is 0 Å². The van der Waals surface area contributed by atoms with Crippen LogP contribution in [0.15, 0.2) is 84.9 Å². The van der Waals surface area contributed by atoms with Crippen molar-refractivity contribution in [2.75, 3.05) is 38.3 Å². The molecule has 8 nitrogen and oxygen atoms in total. The molecule has 0 radical (unpaired) electrons. The van der Waals surface area contributed by atoms with Crippen LogP contribution >= 0.6 is 0 Å². The zero-order valence-electron chi connectivity index (χ0n) is 25.6. The summed E-state index contributed by atoms with van der Waals surface area (Å²) in [5.74, 6) is 0.408. The Morgan fingerprint density at radius 1 is 0.909 bits per heavy atom. The van der Waals surface area contributed by atoms with E-state index in [1.165, 1.54) is 32.8 Å². The number of piperazine rings is 1. The first-order valence-electron chi connectivity index (χ1n) is 15.7. The number of para-hydroxylation sites is 2. The lowest BCUT2D eigenvalue weighted by Crippen LogP contribution is -2.51. The fourth-order valence-corrected chi connectivity index (χ4v) is 6.78. The van der Waals surface area contributed by atoms with Gasteiger partial charge >= 0.3 is 6.09 Å². The first-order chi connectivity index (χ1) is 21.5. The number of amides is 2. The highest BCUT2D eigenvalue weighted by Crippen LogP contribution is 2.33. The highest BCUT2D eigenvalue weighted by molar-refractivity contribution is 6.10. The summed E-state index contributed by atoms with van der Waals surface area (Å²) in [7, 11) is 1.30. The molecule has 2 atom stereocenters. The fraction of sp³-hybridized carbons (Fsp3) is 0.361. The second-order valence-corrected chi connectivity index (χ2v) is 12.0. The third kappa shape index (κ3) is 6.47. The van der Waals surface area contributed by atoms with E-state index in [0.29, 0.717) is 23.8 Å². The molecule has 1 saturated carbocycles. The van der Waals surface area contributed by atoms with Crippen LogP contribution in [-0.4, -0.2) is 66.1 Å². The van der Waals surface area contributed by atoms with E-state index < -0.39 is 6.09 Å². The molecule has 1 aliphatic carbocycles. The van der Waals surface area contributed by atoms with Crippen LogP contribution in [-0.2, 0) is 11.3 Å². The topological polar surface area (TPSA) is 78.0 Å². The molecule has 6 rings (SSSR count). The standard InChI is InChI=1S/C36H41N5O3/c1-26-12-11-17-29(24-26)40-22-20-39(21-23-40)25-31-33(35(42)38-41(36(43)44-2)28-15-7-4-8-16-28)30-18-9-10-19-32(30)37-34(31)27-13-5-3-6-14-27/h3-10,13-16,18-19,26,29H,11-12,17,20-25H2,1-2H3,(H,38,42). The predicted molar refractivity (Wildman–Crippen MR) is 174 cm³/mol.